The second-order valence-corrected chi connectivity index (χ2v) is 20.2. The lowest BCUT2D eigenvalue weighted by Gasteiger charge is -2.36. The zero-order valence-electron chi connectivity index (χ0n) is 42.1. The van der Waals surface area contributed by atoms with Gasteiger partial charge < -0.3 is 4.74 Å². The van der Waals surface area contributed by atoms with Crippen molar-refractivity contribution >= 4 is 46.3 Å². The van der Waals surface area contributed by atoms with Gasteiger partial charge in [-0.1, -0.05) is 135 Å². The summed E-state index contributed by atoms with van der Waals surface area (Å²) in [4.78, 5) is 5.25. The number of benzene rings is 8. The second-order valence-electron chi connectivity index (χ2n) is 17.6. The Morgan fingerprint density at radius 3 is 1.81 bits per heavy atom. The summed E-state index contributed by atoms with van der Waals surface area (Å²) in [5, 5.41) is 0.394. The van der Waals surface area contributed by atoms with Gasteiger partial charge in [-0.25, -0.2) is 4.98 Å². The van der Waals surface area contributed by atoms with E-state index < -0.39 is 26.9 Å². The van der Waals surface area contributed by atoms with E-state index in [4.69, 9.17) is 9.72 Å². The van der Waals surface area contributed by atoms with Gasteiger partial charge in [-0.05, 0) is 158 Å². The minimum atomic E-state index is -4.92. The number of aromatic nitrogens is 3. The van der Waals surface area contributed by atoms with Gasteiger partial charge in [-0.3, -0.25) is 8.97 Å². The Bertz CT molecular complexity index is 3840. The first-order chi connectivity index (χ1) is 33.7. The minimum Gasteiger partial charge on any atom is -0.457 e. The Morgan fingerprint density at radius 2 is 1.16 bits per heavy atom. The summed E-state index contributed by atoms with van der Waals surface area (Å²) in [6.45, 7) is -1.99. The summed E-state index contributed by atoms with van der Waals surface area (Å²) >= 11 is 0. The summed E-state index contributed by atoms with van der Waals surface area (Å²) in [6, 6.07) is 53.1. The predicted molar refractivity (Wildman–Crippen MR) is 264 cm³/mol. The maximum Gasteiger partial charge on any atom is 0.220 e. The molecule has 1 saturated carbocycles. The highest BCUT2D eigenvalue weighted by atomic mass is 28.3. The van der Waals surface area contributed by atoms with E-state index in [-0.39, 0.29) is 21.9 Å². The molecule has 0 spiro atoms. The summed E-state index contributed by atoms with van der Waals surface area (Å²) in [7, 11) is -4.92. The Morgan fingerprint density at radius 1 is 0.587 bits per heavy atom. The average Bonchev–Trinajstić information content (AvgIpc) is 4.05. The second kappa shape index (κ2) is 13.5. The molecule has 0 amide bonds. The molecule has 0 atom stereocenters. The molecule has 0 bridgehead atoms. The van der Waals surface area contributed by atoms with Crippen molar-refractivity contribution in [3.8, 4) is 72.8 Å². The zero-order chi connectivity index (χ0) is 48.1. The molecule has 304 valence electrons. The van der Waals surface area contributed by atoms with Crippen molar-refractivity contribution in [2.75, 3.05) is 0 Å². The predicted octanol–water partition coefficient (Wildman–Crippen LogP) is 14.3. The Labute approximate surface area is 378 Å². The lowest BCUT2D eigenvalue weighted by molar-refractivity contribution is 0.487. The molecule has 10 aromatic rings. The van der Waals surface area contributed by atoms with Crippen LogP contribution in [0.5, 0.6) is 11.5 Å². The molecule has 4 nitrogen and oxygen atoms in total. The Balaban J connectivity index is 1.25. The van der Waals surface area contributed by atoms with Gasteiger partial charge in [-0.15, -0.1) is 0 Å². The van der Waals surface area contributed by atoms with Crippen LogP contribution in [0.4, 0.5) is 0 Å². The van der Waals surface area contributed by atoms with Gasteiger partial charge in [-0.2, -0.15) is 0 Å². The summed E-state index contributed by atoms with van der Waals surface area (Å²) < 4.78 is 79.4. The fourth-order valence-electron chi connectivity index (χ4n) is 11.0. The summed E-state index contributed by atoms with van der Waals surface area (Å²) in [6.07, 6.45) is 3.00. The third kappa shape index (κ3) is 5.23. The van der Waals surface area contributed by atoms with Crippen molar-refractivity contribution in [1.82, 2.24) is 14.0 Å². The fourth-order valence-corrected chi connectivity index (χ4v) is 13.0. The minimum absolute atomic E-state index is 0.175. The highest BCUT2D eigenvalue weighted by Crippen LogP contribution is 2.53. The van der Waals surface area contributed by atoms with Crippen LogP contribution in [0.3, 0.4) is 0 Å². The van der Waals surface area contributed by atoms with Gasteiger partial charge in [0.15, 0.2) is 0 Å². The average molecular weight is 837 g/mol. The van der Waals surface area contributed by atoms with Gasteiger partial charge in [0, 0.05) is 15.2 Å². The van der Waals surface area contributed by atoms with Crippen LogP contribution in [-0.4, -0.2) is 22.0 Å². The third-order valence-corrected chi connectivity index (χ3v) is 16.4. The van der Waals surface area contributed by atoms with E-state index in [0.717, 1.165) is 102 Å². The van der Waals surface area contributed by atoms with Crippen LogP contribution in [-0.2, 0) is 0 Å². The van der Waals surface area contributed by atoms with Crippen LogP contribution in [0.2, 0.25) is 13.0 Å². The van der Waals surface area contributed by atoms with Gasteiger partial charge >= 0.3 is 0 Å². The van der Waals surface area contributed by atoms with E-state index in [1.54, 1.807) is 18.2 Å². The van der Waals surface area contributed by atoms with Crippen LogP contribution in [0.1, 0.15) is 57.9 Å². The molecular formula is C58H47N3OSi. The fraction of sp³-hybridized carbons (Fsp3) is 0.155. The molecule has 2 aromatic heterocycles. The highest BCUT2D eigenvalue weighted by molar-refractivity contribution is 7.01. The van der Waals surface area contributed by atoms with Crippen molar-refractivity contribution in [3.63, 3.8) is 0 Å². The van der Waals surface area contributed by atoms with Gasteiger partial charge in [0.25, 0.3) is 0 Å². The standard InChI is InChI=1S/C58H47N3OSi/c1-35-29-30-54-53(31-35)62-57-55(63(54,3)4)34-52(61-51-28-16-15-27-50(51)60-49-26-14-13-25-48(49)59-58(60)61)36(2)56(57)47-33-46-43-24-12-10-22-41(43)39-20-8-7-19-38(39)40-21-9-11-23-42(40)45(46)32-44(47)37-17-5-6-18-37/h7-16,19-34,37H,5-6,17-18H2,1-4H3/i3D3,4D3,37D. The van der Waals surface area contributed by atoms with E-state index >= 15 is 0 Å². The number of nitrogens with zero attached hydrogens (tertiary/aromatic N) is 3. The number of hydrogen-bond acceptors (Lipinski definition) is 2. The normalized spacial score (nSPS) is 17.5. The molecular weight excluding hydrogens is 783 g/mol. The Hall–Kier alpha value is -6.95. The summed E-state index contributed by atoms with van der Waals surface area (Å²) in [5.41, 5.74) is 16.1. The van der Waals surface area contributed by atoms with E-state index in [1.807, 2.05) is 62.4 Å². The molecule has 5 heteroatoms. The van der Waals surface area contributed by atoms with Crippen LogP contribution < -0.4 is 15.1 Å². The molecule has 8 aromatic carbocycles. The van der Waals surface area contributed by atoms with Crippen molar-refractivity contribution < 1.29 is 14.3 Å². The number of rotatable bonds is 3. The van der Waals surface area contributed by atoms with E-state index in [0.29, 0.717) is 29.9 Å². The SMILES string of the molecule is [2H]C1(c2cc3c(cc2-c2c(C)c(-n4c5ccccc5n5c6ccccc6nc45)cc4c2Oc2cc(C)ccc2[Si]4(C([2H])([2H])[2H])C([2H])([2H])[2H])-c2ccccc2-c2ccccc2-c2ccccc2-3)CCCC1. The molecule has 0 radical (unpaired) electrons. The molecule has 0 saturated heterocycles. The molecule has 3 heterocycles. The van der Waals surface area contributed by atoms with Gasteiger partial charge in [0.2, 0.25) is 5.78 Å². The monoisotopic (exact) mass is 836 g/mol. The molecule has 1 aliphatic heterocycles. The smallest absolute Gasteiger partial charge is 0.220 e. The van der Waals surface area contributed by atoms with Crippen LogP contribution in [0.25, 0.3) is 89.2 Å². The van der Waals surface area contributed by atoms with Gasteiger partial charge in [0.05, 0.1) is 27.8 Å². The molecule has 0 N–H and O–H groups in total. The van der Waals surface area contributed by atoms with Crippen molar-refractivity contribution in [1.29, 1.82) is 0 Å². The zero-order valence-corrected chi connectivity index (χ0v) is 36.1. The molecule has 2 aliphatic carbocycles. The lowest BCUT2D eigenvalue weighted by Crippen LogP contribution is -2.56. The lowest BCUT2D eigenvalue weighted by atomic mass is 9.77. The van der Waals surface area contributed by atoms with Crippen LogP contribution >= 0.6 is 0 Å². The van der Waals surface area contributed by atoms with Crippen molar-refractivity contribution in [2.45, 2.75) is 58.4 Å². The first kappa shape index (κ1) is 30.2. The van der Waals surface area contributed by atoms with Gasteiger partial charge in [0.1, 0.15) is 19.6 Å². The first-order valence-electron chi connectivity index (χ1n) is 25.5. The molecule has 63 heavy (non-hydrogen) atoms. The van der Waals surface area contributed by atoms with E-state index in [1.165, 1.54) is 0 Å². The topological polar surface area (TPSA) is 31.5 Å². The number of imidazole rings is 2. The maximum absolute atomic E-state index is 10.5. The maximum atomic E-state index is 10.5. The van der Waals surface area contributed by atoms with Crippen molar-refractivity contribution in [2.24, 2.45) is 0 Å². The number of ether oxygens (including phenoxy) is 1. The Kier molecular flexibility index (Phi) is 6.47. The van der Waals surface area contributed by atoms with Crippen molar-refractivity contribution in [3.05, 3.63) is 174 Å². The van der Waals surface area contributed by atoms with Crippen LogP contribution in [0.15, 0.2) is 158 Å². The molecule has 3 aliphatic rings. The van der Waals surface area contributed by atoms with E-state index in [2.05, 4.69) is 100.0 Å². The highest BCUT2D eigenvalue weighted by Gasteiger charge is 2.40. The number of fused-ring (bicyclic) bond motifs is 15. The quantitative estimate of drug-likeness (QED) is 0.166. The number of para-hydroxylation sites is 4. The largest absolute Gasteiger partial charge is 0.457 e. The molecule has 0 unspecified atom stereocenters. The van der Waals surface area contributed by atoms with Crippen LogP contribution in [0, 0.1) is 13.8 Å². The molecule has 1 fully saturated rings. The third-order valence-electron chi connectivity index (χ3n) is 14.0. The number of hydrogen-bond donors (Lipinski definition) is 0. The number of aryl methyl sites for hydroxylation is 1. The van der Waals surface area contributed by atoms with E-state index in [9.17, 15) is 9.60 Å². The summed E-state index contributed by atoms with van der Waals surface area (Å²) in [5.74, 6) is 0.0497. The molecule has 13 rings (SSSR count). The first-order valence-corrected chi connectivity index (χ1v) is 24.0.